The smallest absolute Gasteiger partial charge is 0.233 e. The number of hydrogen-bond donors (Lipinski definition) is 2. The van der Waals surface area contributed by atoms with Gasteiger partial charge in [-0.3, -0.25) is 19.7 Å². The van der Waals surface area contributed by atoms with Crippen LogP contribution in [0.3, 0.4) is 0 Å². The van der Waals surface area contributed by atoms with Crippen LogP contribution >= 0.6 is 11.6 Å². The molecule has 34 heavy (non-hydrogen) atoms. The van der Waals surface area contributed by atoms with Gasteiger partial charge in [-0.15, -0.1) is 0 Å². The van der Waals surface area contributed by atoms with Gasteiger partial charge in [-0.2, -0.15) is 4.98 Å². The minimum absolute atomic E-state index is 0.0112. The Morgan fingerprint density at radius 1 is 1.35 bits per heavy atom. The van der Waals surface area contributed by atoms with Gasteiger partial charge in [-0.25, -0.2) is 14.4 Å². The first-order chi connectivity index (χ1) is 16.2. The van der Waals surface area contributed by atoms with Crippen molar-refractivity contribution < 1.29 is 19.2 Å². The number of halogens is 2. The van der Waals surface area contributed by atoms with Crippen LogP contribution in [0, 0.1) is 17.7 Å². The first-order valence-corrected chi connectivity index (χ1v) is 12.5. The number of rotatable bonds is 12. The molecule has 2 heterocycles. The van der Waals surface area contributed by atoms with Gasteiger partial charge >= 0.3 is 0 Å². The molecule has 0 aromatic carbocycles. The number of likely N-dealkylation sites (N-methyl/N-ethyl adjacent to an activating group) is 1. The van der Waals surface area contributed by atoms with Crippen molar-refractivity contribution in [2.24, 2.45) is 11.8 Å². The van der Waals surface area contributed by atoms with Crippen molar-refractivity contribution >= 4 is 29.7 Å². The second kappa shape index (κ2) is 11.6. The molecule has 0 radical (unpaired) electrons. The van der Waals surface area contributed by atoms with E-state index < -0.39 is 11.7 Å². The maximum absolute atomic E-state index is 15.3. The summed E-state index contributed by atoms with van der Waals surface area (Å²) in [7, 11) is 2.06. The molecule has 1 aliphatic heterocycles. The van der Waals surface area contributed by atoms with Crippen molar-refractivity contribution in [3.8, 4) is 0 Å². The molecule has 1 aromatic heterocycles. The number of hydroxylamine groups is 2. The van der Waals surface area contributed by atoms with Gasteiger partial charge in [0.25, 0.3) is 0 Å². The Morgan fingerprint density at radius 3 is 2.62 bits per heavy atom. The zero-order valence-corrected chi connectivity index (χ0v) is 21.0. The van der Waals surface area contributed by atoms with E-state index in [1.807, 2.05) is 4.90 Å². The predicted molar refractivity (Wildman–Crippen MR) is 127 cm³/mol. The molecule has 9 nitrogen and oxygen atoms in total. The van der Waals surface area contributed by atoms with E-state index in [-0.39, 0.29) is 47.7 Å². The van der Waals surface area contributed by atoms with E-state index in [9.17, 15) is 14.8 Å². The molecule has 1 saturated heterocycles. The van der Waals surface area contributed by atoms with Gasteiger partial charge in [0.2, 0.25) is 17.6 Å². The molecule has 2 aliphatic rings. The fourth-order valence-electron chi connectivity index (χ4n) is 5.16. The van der Waals surface area contributed by atoms with Crippen LogP contribution in [0.15, 0.2) is 0 Å². The SMILES string of the molecule is CCN(C)C1(CC)CN(c2nc(Cl)nc(CNC(=O)[C@H](CC3CCCC3)CN(O)C=O)c2F)C1. The van der Waals surface area contributed by atoms with E-state index in [0.29, 0.717) is 30.5 Å². The minimum atomic E-state index is -0.599. The van der Waals surface area contributed by atoms with Gasteiger partial charge in [0.1, 0.15) is 5.69 Å². The summed E-state index contributed by atoms with van der Waals surface area (Å²) in [5.41, 5.74) is -0.0214. The van der Waals surface area contributed by atoms with E-state index in [4.69, 9.17) is 11.6 Å². The Hall–Kier alpha value is -2.04. The zero-order chi connectivity index (χ0) is 24.9. The number of aromatic nitrogens is 2. The molecule has 3 rings (SSSR count). The molecule has 190 valence electrons. The van der Waals surface area contributed by atoms with Crippen LogP contribution in [-0.2, 0) is 16.1 Å². The number of carbonyl (C=O) groups is 2. The Bertz CT molecular complexity index is 863. The lowest BCUT2D eigenvalue weighted by atomic mass is 9.85. The molecule has 2 fully saturated rings. The molecule has 1 aromatic rings. The van der Waals surface area contributed by atoms with Crippen LogP contribution < -0.4 is 10.2 Å². The second-order valence-corrected chi connectivity index (χ2v) is 9.89. The zero-order valence-electron chi connectivity index (χ0n) is 20.3. The fraction of sp³-hybridized carbons (Fsp3) is 0.739. The van der Waals surface area contributed by atoms with E-state index in [0.717, 1.165) is 38.6 Å². The Kier molecular flexibility index (Phi) is 9.06. The molecule has 1 atom stereocenters. The summed E-state index contributed by atoms with van der Waals surface area (Å²) in [5.74, 6) is -1.04. The molecule has 1 saturated carbocycles. The van der Waals surface area contributed by atoms with E-state index >= 15 is 4.39 Å². The van der Waals surface area contributed by atoms with Crippen LogP contribution in [-0.4, -0.2) is 76.2 Å². The maximum Gasteiger partial charge on any atom is 0.233 e. The molecule has 0 spiro atoms. The minimum Gasteiger partial charge on any atom is -0.350 e. The van der Waals surface area contributed by atoms with Crippen LogP contribution in [0.5, 0.6) is 0 Å². The van der Waals surface area contributed by atoms with Gasteiger partial charge in [-0.05, 0) is 44.0 Å². The van der Waals surface area contributed by atoms with Crippen molar-refractivity contribution in [3.63, 3.8) is 0 Å². The molecule has 0 unspecified atom stereocenters. The van der Waals surface area contributed by atoms with Crippen molar-refractivity contribution in [1.29, 1.82) is 0 Å². The number of hydrogen-bond acceptors (Lipinski definition) is 7. The standard InChI is InChI=1S/C23H36ClFN6O3/c1-4-23(29(3)5-2)13-30(14-23)20-19(25)18(27-22(24)28-20)11-26-21(33)17(12-31(34)15-32)10-16-8-6-7-9-16/h15-17,34H,4-14H2,1-3H3,(H,26,33)/t17-/m1/s1. The third-order valence-electron chi connectivity index (χ3n) is 7.51. The summed E-state index contributed by atoms with van der Waals surface area (Å²) < 4.78 is 15.3. The molecular formula is C23H36ClFN6O3. The summed E-state index contributed by atoms with van der Waals surface area (Å²) in [5, 5.41) is 12.8. The maximum atomic E-state index is 15.3. The molecule has 0 bridgehead atoms. The molecular weight excluding hydrogens is 463 g/mol. The summed E-state index contributed by atoms with van der Waals surface area (Å²) in [6, 6.07) is 0. The van der Waals surface area contributed by atoms with Crippen molar-refractivity contribution in [2.45, 2.75) is 64.5 Å². The highest BCUT2D eigenvalue weighted by molar-refractivity contribution is 6.28. The van der Waals surface area contributed by atoms with E-state index in [1.165, 1.54) is 0 Å². The average molecular weight is 499 g/mol. The Morgan fingerprint density at radius 2 is 2.03 bits per heavy atom. The molecule has 2 amide bonds. The number of amides is 2. The van der Waals surface area contributed by atoms with E-state index in [1.54, 1.807) is 0 Å². The van der Waals surface area contributed by atoms with Gasteiger partial charge < -0.3 is 10.2 Å². The molecule has 11 heteroatoms. The third kappa shape index (κ3) is 5.95. The third-order valence-corrected chi connectivity index (χ3v) is 7.68. The molecule has 1 aliphatic carbocycles. The van der Waals surface area contributed by atoms with Crippen molar-refractivity contribution in [3.05, 3.63) is 16.8 Å². The lowest BCUT2D eigenvalue weighted by Gasteiger charge is -2.55. The lowest BCUT2D eigenvalue weighted by Crippen LogP contribution is -2.69. The summed E-state index contributed by atoms with van der Waals surface area (Å²) in [6.45, 7) is 6.10. The fourth-order valence-corrected chi connectivity index (χ4v) is 5.34. The predicted octanol–water partition coefficient (Wildman–Crippen LogP) is 2.85. The first-order valence-electron chi connectivity index (χ1n) is 12.1. The topological polar surface area (TPSA) is 102 Å². The largest absolute Gasteiger partial charge is 0.350 e. The van der Waals surface area contributed by atoms with Crippen LogP contribution in [0.4, 0.5) is 10.2 Å². The highest BCUT2D eigenvalue weighted by atomic mass is 35.5. The van der Waals surface area contributed by atoms with Gasteiger partial charge in [0, 0.05) is 13.1 Å². The second-order valence-electron chi connectivity index (χ2n) is 9.55. The Balaban J connectivity index is 1.68. The lowest BCUT2D eigenvalue weighted by molar-refractivity contribution is -0.155. The number of nitrogens with zero attached hydrogens (tertiary/aromatic N) is 5. The van der Waals surface area contributed by atoms with Gasteiger partial charge in [0.05, 0.1) is 24.5 Å². The van der Waals surface area contributed by atoms with Gasteiger partial charge in [-0.1, -0.05) is 39.5 Å². The van der Waals surface area contributed by atoms with E-state index in [2.05, 4.69) is 41.1 Å². The highest BCUT2D eigenvalue weighted by Crippen LogP contribution is 2.35. The first kappa shape index (κ1) is 26.6. The van der Waals surface area contributed by atoms with Crippen LogP contribution in [0.2, 0.25) is 5.28 Å². The number of anilines is 1. The quantitative estimate of drug-likeness (QED) is 0.198. The van der Waals surface area contributed by atoms with Gasteiger partial charge in [0.15, 0.2) is 11.6 Å². The van der Waals surface area contributed by atoms with Crippen molar-refractivity contribution in [2.75, 3.05) is 38.1 Å². The highest BCUT2D eigenvalue weighted by Gasteiger charge is 2.45. The average Bonchev–Trinajstić information content (AvgIpc) is 3.31. The van der Waals surface area contributed by atoms with Crippen LogP contribution in [0.1, 0.15) is 58.1 Å². The Labute approximate surface area is 205 Å². The monoisotopic (exact) mass is 498 g/mol. The summed E-state index contributed by atoms with van der Waals surface area (Å²) in [6.07, 6.45) is 6.06. The normalized spacial score (nSPS) is 18.6. The summed E-state index contributed by atoms with van der Waals surface area (Å²) >= 11 is 6.10. The number of nitrogens with one attached hydrogen (secondary N) is 1. The number of carbonyl (C=O) groups excluding carboxylic acids is 2. The van der Waals surface area contributed by atoms with Crippen molar-refractivity contribution in [1.82, 2.24) is 25.2 Å². The molecule has 2 N–H and O–H groups in total. The van der Waals surface area contributed by atoms with Crippen LogP contribution in [0.25, 0.3) is 0 Å². The summed E-state index contributed by atoms with van der Waals surface area (Å²) in [4.78, 5) is 36.0.